The van der Waals surface area contributed by atoms with Gasteiger partial charge in [0.05, 0.1) is 9.75 Å². The Morgan fingerprint density at radius 3 is 2.70 bits per heavy atom. The molecule has 1 aromatic heterocycles. The molecule has 0 aliphatic carbocycles. The zero-order valence-electron chi connectivity index (χ0n) is 11.1. The van der Waals surface area contributed by atoms with Gasteiger partial charge in [0.2, 0.25) is 0 Å². The van der Waals surface area contributed by atoms with Crippen molar-refractivity contribution in [1.82, 2.24) is 5.32 Å². The van der Waals surface area contributed by atoms with Gasteiger partial charge in [0.25, 0.3) is 5.91 Å². The van der Waals surface area contributed by atoms with Gasteiger partial charge in [-0.2, -0.15) is 0 Å². The molecule has 0 unspecified atom stereocenters. The standard InChI is InChI=1S/C16H15NO2S/c1-12-4-6-13(7-5-12)11-17-16(19)15-9-8-14(20-15)3-2-10-18/h4-9,18H,10-11H2,1H3,(H,17,19). The number of aliphatic hydroxyl groups excluding tert-OH is 1. The Balaban J connectivity index is 1.94. The van der Waals surface area contributed by atoms with Crippen LogP contribution in [0.2, 0.25) is 0 Å². The molecule has 1 aromatic carbocycles. The van der Waals surface area contributed by atoms with Crippen LogP contribution in [-0.4, -0.2) is 17.6 Å². The second-order valence-corrected chi connectivity index (χ2v) is 5.38. The van der Waals surface area contributed by atoms with E-state index in [1.807, 2.05) is 31.2 Å². The summed E-state index contributed by atoms with van der Waals surface area (Å²) in [5, 5.41) is 11.5. The summed E-state index contributed by atoms with van der Waals surface area (Å²) >= 11 is 1.32. The summed E-state index contributed by atoms with van der Waals surface area (Å²) in [6.07, 6.45) is 0. The Hall–Kier alpha value is -2.09. The minimum atomic E-state index is -0.174. The molecule has 0 saturated carbocycles. The van der Waals surface area contributed by atoms with E-state index >= 15 is 0 Å². The number of aliphatic hydroxyl groups is 1. The van der Waals surface area contributed by atoms with Crippen molar-refractivity contribution < 1.29 is 9.90 Å². The third-order valence-electron chi connectivity index (χ3n) is 2.69. The fourth-order valence-electron chi connectivity index (χ4n) is 1.63. The molecule has 0 saturated heterocycles. The highest BCUT2D eigenvalue weighted by atomic mass is 32.1. The van der Waals surface area contributed by atoms with E-state index in [-0.39, 0.29) is 12.5 Å². The Labute approximate surface area is 122 Å². The quantitative estimate of drug-likeness (QED) is 0.850. The van der Waals surface area contributed by atoms with E-state index in [1.165, 1.54) is 16.9 Å². The van der Waals surface area contributed by atoms with Gasteiger partial charge < -0.3 is 10.4 Å². The predicted octanol–water partition coefficient (Wildman–Crippen LogP) is 2.33. The maximum atomic E-state index is 12.0. The lowest BCUT2D eigenvalue weighted by Gasteiger charge is -2.04. The fourth-order valence-corrected chi connectivity index (χ4v) is 2.43. The highest BCUT2D eigenvalue weighted by Crippen LogP contribution is 2.15. The first-order chi connectivity index (χ1) is 9.69. The Bertz CT molecular complexity index is 647. The molecule has 0 radical (unpaired) electrons. The van der Waals surface area contributed by atoms with Gasteiger partial charge in [-0.3, -0.25) is 4.79 Å². The molecule has 0 fully saturated rings. The van der Waals surface area contributed by atoms with E-state index in [0.29, 0.717) is 11.4 Å². The molecule has 2 rings (SSSR count). The molecule has 0 aliphatic heterocycles. The predicted molar refractivity (Wildman–Crippen MR) is 80.6 cm³/mol. The summed E-state index contributed by atoms with van der Waals surface area (Å²) in [5.41, 5.74) is 2.27. The van der Waals surface area contributed by atoms with Crippen molar-refractivity contribution in [3.05, 3.63) is 57.3 Å². The van der Waals surface area contributed by atoms with Crippen LogP contribution in [0.5, 0.6) is 0 Å². The van der Waals surface area contributed by atoms with Gasteiger partial charge in [-0.25, -0.2) is 0 Å². The maximum absolute atomic E-state index is 12.0. The number of amides is 1. The van der Waals surface area contributed by atoms with Crippen LogP contribution in [0, 0.1) is 18.8 Å². The molecule has 0 spiro atoms. The first-order valence-electron chi connectivity index (χ1n) is 6.22. The average molecular weight is 285 g/mol. The van der Waals surface area contributed by atoms with Gasteiger partial charge in [0.1, 0.15) is 6.61 Å². The van der Waals surface area contributed by atoms with Crippen LogP contribution in [0.3, 0.4) is 0 Å². The van der Waals surface area contributed by atoms with Crippen LogP contribution in [0.4, 0.5) is 0 Å². The third-order valence-corrected chi connectivity index (χ3v) is 3.69. The van der Waals surface area contributed by atoms with Crippen molar-refractivity contribution in [1.29, 1.82) is 0 Å². The van der Waals surface area contributed by atoms with Gasteiger partial charge in [-0.15, -0.1) is 11.3 Å². The minimum absolute atomic E-state index is 0.104. The number of carbonyl (C=O) groups is 1. The third kappa shape index (κ3) is 3.95. The molecule has 1 amide bonds. The van der Waals surface area contributed by atoms with E-state index in [0.717, 1.165) is 10.4 Å². The molecule has 0 aliphatic rings. The summed E-state index contributed by atoms with van der Waals surface area (Å²) in [5.74, 6) is 5.25. The molecule has 0 bridgehead atoms. The second kappa shape index (κ2) is 6.90. The molecule has 4 heteroatoms. The summed E-state index contributed by atoms with van der Waals surface area (Å²) in [6, 6.07) is 11.6. The first-order valence-corrected chi connectivity index (χ1v) is 7.04. The minimum Gasteiger partial charge on any atom is -0.384 e. The molecule has 0 atom stereocenters. The molecule has 2 aromatic rings. The van der Waals surface area contributed by atoms with Crippen LogP contribution < -0.4 is 5.32 Å². The van der Waals surface area contributed by atoms with Crippen LogP contribution in [0.25, 0.3) is 0 Å². The van der Waals surface area contributed by atoms with Crippen LogP contribution in [0.15, 0.2) is 36.4 Å². The number of rotatable bonds is 3. The van der Waals surface area contributed by atoms with Crippen LogP contribution in [-0.2, 0) is 6.54 Å². The Morgan fingerprint density at radius 1 is 1.25 bits per heavy atom. The number of nitrogens with one attached hydrogen (secondary N) is 1. The first kappa shape index (κ1) is 14.3. The zero-order valence-corrected chi connectivity index (χ0v) is 12.0. The van der Waals surface area contributed by atoms with Crippen LogP contribution >= 0.6 is 11.3 Å². The highest BCUT2D eigenvalue weighted by Gasteiger charge is 2.08. The number of thiophene rings is 1. The summed E-state index contributed by atoms with van der Waals surface area (Å²) in [4.78, 5) is 13.4. The second-order valence-electron chi connectivity index (χ2n) is 4.29. The summed E-state index contributed by atoms with van der Waals surface area (Å²) < 4.78 is 0. The molecule has 102 valence electrons. The summed E-state index contributed by atoms with van der Waals surface area (Å²) in [6.45, 7) is 2.37. The number of aryl methyl sites for hydroxylation is 1. The van der Waals surface area contributed by atoms with Crippen molar-refractivity contribution in [2.45, 2.75) is 13.5 Å². The molecule has 3 nitrogen and oxygen atoms in total. The van der Waals surface area contributed by atoms with Crippen molar-refractivity contribution in [2.24, 2.45) is 0 Å². The largest absolute Gasteiger partial charge is 0.384 e. The molecular weight excluding hydrogens is 270 g/mol. The monoisotopic (exact) mass is 285 g/mol. The van der Waals surface area contributed by atoms with Crippen molar-refractivity contribution in [2.75, 3.05) is 6.61 Å². The Kier molecular flexibility index (Phi) is 4.94. The van der Waals surface area contributed by atoms with Crippen molar-refractivity contribution >= 4 is 17.2 Å². The summed E-state index contributed by atoms with van der Waals surface area (Å²) in [7, 11) is 0. The van der Waals surface area contributed by atoms with Gasteiger partial charge >= 0.3 is 0 Å². The number of benzene rings is 1. The van der Waals surface area contributed by atoms with E-state index in [4.69, 9.17) is 5.11 Å². The lowest BCUT2D eigenvalue weighted by molar-refractivity contribution is 0.0955. The fraction of sp³-hybridized carbons (Fsp3) is 0.188. The number of hydrogen-bond donors (Lipinski definition) is 2. The smallest absolute Gasteiger partial charge is 0.261 e. The van der Waals surface area contributed by atoms with E-state index < -0.39 is 0 Å². The maximum Gasteiger partial charge on any atom is 0.261 e. The molecule has 2 N–H and O–H groups in total. The lowest BCUT2D eigenvalue weighted by Crippen LogP contribution is -2.21. The molecule has 20 heavy (non-hydrogen) atoms. The van der Waals surface area contributed by atoms with E-state index in [1.54, 1.807) is 12.1 Å². The van der Waals surface area contributed by atoms with E-state index in [9.17, 15) is 4.79 Å². The number of hydrogen-bond acceptors (Lipinski definition) is 3. The highest BCUT2D eigenvalue weighted by molar-refractivity contribution is 7.14. The SMILES string of the molecule is Cc1ccc(CNC(=O)c2ccc(C#CCO)s2)cc1. The number of carbonyl (C=O) groups excluding carboxylic acids is 1. The zero-order chi connectivity index (χ0) is 14.4. The van der Waals surface area contributed by atoms with Gasteiger partial charge in [0.15, 0.2) is 0 Å². The van der Waals surface area contributed by atoms with Gasteiger partial charge in [-0.05, 0) is 24.6 Å². The van der Waals surface area contributed by atoms with Crippen molar-refractivity contribution in [3.63, 3.8) is 0 Å². The van der Waals surface area contributed by atoms with Gasteiger partial charge in [0, 0.05) is 6.54 Å². The topological polar surface area (TPSA) is 49.3 Å². The Morgan fingerprint density at radius 2 is 2.00 bits per heavy atom. The molecule has 1 heterocycles. The normalized spacial score (nSPS) is 9.70. The van der Waals surface area contributed by atoms with Crippen molar-refractivity contribution in [3.8, 4) is 11.8 Å². The van der Waals surface area contributed by atoms with E-state index in [2.05, 4.69) is 17.2 Å². The lowest BCUT2D eigenvalue weighted by atomic mass is 10.1. The molecular formula is C16H15NO2S. The van der Waals surface area contributed by atoms with Crippen LogP contribution in [0.1, 0.15) is 25.7 Å². The van der Waals surface area contributed by atoms with Gasteiger partial charge in [-0.1, -0.05) is 41.7 Å². The average Bonchev–Trinajstić information content (AvgIpc) is 2.93.